The maximum absolute atomic E-state index is 5.86. The summed E-state index contributed by atoms with van der Waals surface area (Å²) in [7, 11) is -0.412. The van der Waals surface area contributed by atoms with Crippen molar-refractivity contribution in [3.8, 4) is 11.5 Å². The maximum atomic E-state index is 5.86. The standard InChI is InChI=1S/C17H22OSi/c1-19(2)13-7-9-15-8-6-12-17(14-15)18-16-10-4-3-5-11-16/h3-6,8,10-12,14,19H,7,9,13H2,1-2H3. The number of aryl methyl sites for hydroxylation is 1. The molecule has 2 rings (SSSR count). The number of benzene rings is 2. The Labute approximate surface area is 117 Å². The van der Waals surface area contributed by atoms with E-state index in [1.165, 1.54) is 18.0 Å². The topological polar surface area (TPSA) is 9.23 Å². The minimum atomic E-state index is -0.412. The molecule has 0 N–H and O–H groups in total. The van der Waals surface area contributed by atoms with E-state index < -0.39 is 8.80 Å². The second-order valence-electron chi connectivity index (χ2n) is 5.35. The molecule has 0 fully saturated rings. The lowest BCUT2D eigenvalue weighted by Crippen LogP contribution is -1.99. The van der Waals surface area contributed by atoms with Gasteiger partial charge in [-0.05, 0) is 36.2 Å². The summed E-state index contributed by atoms with van der Waals surface area (Å²) in [5.74, 6) is 1.83. The zero-order valence-corrected chi connectivity index (χ0v) is 13.0. The highest BCUT2D eigenvalue weighted by atomic mass is 28.3. The Kier molecular flexibility index (Phi) is 5.22. The van der Waals surface area contributed by atoms with E-state index in [-0.39, 0.29) is 0 Å². The van der Waals surface area contributed by atoms with E-state index in [1.54, 1.807) is 0 Å². The van der Waals surface area contributed by atoms with E-state index in [9.17, 15) is 0 Å². The Balaban J connectivity index is 1.95. The predicted molar refractivity (Wildman–Crippen MR) is 85.0 cm³/mol. The summed E-state index contributed by atoms with van der Waals surface area (Å²) >= 11 is 0. The highest BCUT2D eigenvalue weighted by molar-refractivity contribution is 6.55. The molecule has 2 aromatic carbocycles. The third kappa shape index (κ3) is 4.91. The zero-order valence-electron chi connectivity index (χ0n) is 11.8. The van der Waals surface area contributed by atoms with Crippen molar-refractivity contribution >= 4 is 8.80 Å². The van der Waals surface area contributed by atoms with Crippen molar-refractivity contribution in [2.45, 2.75) is 32.0 Å². The summed E-state index contributed by atoms with van der Waals surface area (Å²) in [5, 5.41) is 0. The van der Waals surface area contributed by atoms with Crippen molar-refractivity contribution in [2.75, 3.05) is 0 Å². The van der Waals surface area contributed by atoms with Crippen molar-refractivity contribution in [3.63, 3.8) is 0 Å². The number of hydrogen-bond acceptors (Lipinski definition) is 1. The van der Waals surface area contributed by atoms with Gasteiger partial charge < -0.3 is 4.74 Å². The average molecular weight is 270 g/mol. The number of para-hydroxylation sites is 1. The molecule has 0 amide bonds. The molecule has 0 bridgehead atoms. The van der Waals surface area contributed by atoms with Crippen LogP contribution >= 0.6 is 0 Å². The maximum Gasteiger partial charge on any atom is 0.127 e. The molecular formula is C17H22OSi. The summed E-state index contributed by atoms with van der Waals surface area (Å²) in [6.07, 6.45) is 2.47. The van der Waals surface area contributed by atoms with Crippen molar-refractivity contribution < 1.29 is 4.74 Å². The molecule has 0 atom stereocenters. The monoisotopic (exact) mass is 270 g/mol. The lowest BCUT2D eigenvalue weighted by atomic mass is 10.1. The Morgan fingerprint density at radius 3 is 2.37 bits per heavy atom. The van der Waals surface area contributed by atoms with Crippen LogP contribution in [0.4, 0.5) is 0 Å². The molecule has 0 aliphatic carbocycles. The first-order valence-electron chi connectivity index (χ1n) is 7.06. The van der Waals surface area contributed by atoms with Gasteiger partial charge in [0.05, 0.1) is 0 Å². The molecule has 0 aliphatic rings. The minimum Gasteiger partial charge on any atom is -0.457 e. The van der Waals surface area contributed by atoms with Crippen LogP contribution in [0.2, 0.25) is 19.1 Å². The van der Waals surface area contributed by atoms with Crippen molar-refractivity contribution in [3.05, 3.63) is 60.2 Å². The van der Waals surface area contributed by atoms with Gasteiger partial charge in [0.1, 0.15) is 11.5 Å². The quantitative estimate of drug-likeness (QED) is 0.678. The van der Waals surface area contributed by atoms with Crippen LogP contribution in [0.25, 0.3) is 0 Å². The van der Waals surface area contributed by atoms with Gasteiger partial charge in [-0.1, -0.05) is 55.9 Å². The number of rotatable bonds is 6. The molecule has 0 saturated carbocycles. The third-order valence-corrected chi connectivity index (χ3v) is 4.69. The first-order valence-corrected chi connectivity index (χ1v) is 10.2. The average Bonchev–Trinajstić information content (AvgIpc) is 2.40. The SMILES string of the molecule is C[SiH](C)CCCc1cccc(Oc2ccccc2)c1. The molecule has 0 aromatic heterocycles. The van der Waals surface area contributed by atoms with Gasteiger partial charge in [0.25, 0.3) is 0 Å². The molecule has 2 aromatic rings. The van der Waals surface area contributed by atoms with Crippen LogP contribution in [-0.4, -0.2) is 8.80 Å². The first-order chi connectivity index (χ1) is 9.24. The fourth-order valence-corrected chi connectivity index (χ4v) is 3.12. The van der Waals surface area contributed by atoms with Crippen LogP contribution in [0.1, 0.15) is 12.0 Å². The van der Waals surface area contributed by atoms with Crippen molar-refractivity contribution in [2.24, 2.45) is 0 Å². The molecule has 19 heavy (non-hydrogen) atoms. The molecule has 0 aliphatic heterocycles. The largest absolute Gasteiger partial charge is 0.457 e. The van der Waals surface area contributed by atoms with E-state index in [1.807, 2.05) is 36.4 Å². The van der Waals surface area contributed by atoms with Crippen LogP contribution < -0.4 is 4.74 Å². The van der Waals surface area contributed by atoms with Gasteiger partial charge in [-0.3, -0.25) is 0 Å². The molecule has 0 unspecified atom stereocenters. The number of ether oxygens (including phenoxy) is 1. The predicted octanol–water partition coefficient (Wildman–Crippen LogP) is 4.90. The smallest absolute Gasteiger partial charge is 0.127 e. The van der Waals surface area contributed by atoms with E-state index in [4.69, 9.17) is 4.74 Å². The molecule has 0 heterocycles. The molecular weight excluding hydrogens is 248 g/mol. The van der Waals surface area contributed by atoms with Crippen molar-refractivity contribution in [1.29, 1.82) is 0 Å². The first kappa shape index (κ1) is 13.9. The second-order valence-corrected chi connectivity index (χ2v) is 8.71. The summed E-state index contributed by atoms with van der Waals surface area (Å²) in [5.41, 5.74) is 1.38. The highest BCUT2D eigenvalue weighted by Crippen LogP contribution is 2.22. The van der Waals surface area contributed by atoms with Crippen LogP contribution in [-0.2, 0) is 6.42 Å². The Hall–Kier alpha value is -1.54. The number of hydrogen-bond donors (Lipinski definition) is 0. The molecule has 0 saturated heterocycles. The van der Waals surface area contributed by atoms with Crippen LogP contribution in [0, 0.1) is 0 Å². The van der Waals surface area contributed by atoms with E-state index in [0.717, 1.165) is 17.9 Å². The van der Waals surface area contributed by atoms with E-state index >= 15 is 0 Å². The summed E-state index contributed by atoms with van der Waals surface area (Å²) in [4.78, 5) is 0. The molecule has 2 heteroatoms. The van der Waals surface area contributed by atoms with Gasteiger partial charge in [-0.25, -0.2) is 0 Å². The van der Waals surface area contributed by atoms with Gasteiger partial charge in [0.2, 0.25) is 0 Å². The Morgan fingerprint density at radius 1 is 0.895 bits per heavy atom. The molecule has 1 nitrogen and oxygen atoms in total. The molecule has 0 spiro atoms. The summed E-state index contributed by atoms with van der Waals surface area (Å²) < 4.78 is 5.86. The van der Waals surface area contributed by atoms with E-state index in [0.29, 0.717) is 0 Å². The van der Waals surface area contributed by atoms with Crippen LogP contribution in [0.3, 0.4) is 0 Å². The van der Waals surface area contributed by atoms with Gasteiger partial charge in [0.15, 0.2) is 0 Å². The lowest BCUT2D eigenvalue weighted by Gasteiger charge is -2.08. The fourth-order valence-electron chi connectivity index (χ4n) is 2.10. The van der Waals surface area contributed by atoms with Gasteiger partial charge >= 0.3 is 0 Å². The van der Waals surface area contributed by atoms with Gasteiger partial charge in [-0.2, -0.15) is 0 Å². The fraction of sp³-hybridized carbons (Fsp3) is 0.294. The van der Waals surface area contributed by atoms with Crippen LogP contribution in [0.15, 0.2) is 54.6 Å². The van der Waals surface area contributed by atoms with Crippen molar-refractivity contribution in [1.82, 2.24) is 0 Å². The van der Waals surface area contributed by atoms with E-state index in [2.05, 4.69) is 31.3 Å². The minimum absolute atomic E-state index is 0.412. The zero-order chi connectivity index (χ0) is 13.5. The summed E-state index contributed by atoms with van der Waals surface area (Å²) in [6.45, 7) is 4.82. The normalized spacial score (nSPS) is 10.7. The van der Waals surface area contributed by atoms with Gasteiger partial charge in [0, 0.05) is 8.80 Å². The Bertz CT molecular complexity index is 494. The molecule has 0 radical (unpaired) electrons. The van der Waals surface area contributed by atoms with Gasteiger partial charge in [-0.15, -0.1) is 0 Å². The third-order valence-electron chi connectivity index (χ3n) is 3.12. The summed E-state index contributed by atoms with van der Waals surface area (Å²) in [6, 6.07) is 19.8. The molecule has 100 valence electrons. The second kappa shape index (κ2) is 7.15. The Morgan fingerprint density at radius 2 is 1.63 bits per heavy atom. The highest BCUT2D eigenvalue weighted by Gasteiger charge is 2.00. The van der Waals surface area contributed by atoms with Crippen LogP contribution in [0.5, 0.6) is 11.5 Å². The lowest BCUT2D eigenvalue weighted by molar-refractivity contribution is 0.482.